The van der Waals surface area contributed by atoms with Crippen LogP contribution in [0.5, 0.6) is 0 Å². The van der Waals surface area contributed by atoms with E-state index in [9.17, 15) is 19.5 Å². The molecule has 7 nitrogen and oxygen atoms in total. The Morgan fingerprint density at radius 3 is 2.06 bits per heavy atom. The number of alkyl carbamates (subject to hydrolysis) is 1. The lowest BCUT2D eigenvalue weighted by molar-refractivity contribution is -0.153. The smallest absolute Gasteiger partial charge is 0.407 e. The Bertz CT molecular complexity index is 1100. The van der Waals surface area contributed by atoms with E-state index in [0.717, 1.165) is 30.4 Å². The van der Waals surface area contributed by atoms with Gasteiger partial charge in [0, 0.05) is 19.0 Å². The topological polar surface area (TPSA) is 95.9 Å². The van der Waals surface area contributed by atoms with Crippen LogP contribution >= 0.6 is 0 Å². The fourth-order valence-corrected chi connectivity index (χ4v) is 5.67. The number of amides is 2. The Balaban J connectivity index is 1.18. The Labute approximate surface area is 205 Å². The highest BCUT2D eigenvalue weighted by molar-refractivity contribution is 5.81. The summed E-state index contributed by atoms with van der Waals surface area (Å²) in [7, 11) is 0. The highest BCUT2D eigenvalue weighted by Crippen LogP contribution is 2.44. The van der Waals surface area contributed by atoms with Crippen molar-refractivity contribution >= 4 is 18.0 Å². The number of carboxylic acid groups (broad SMARTS) is 1. The number of likely N-dealkylation sites (tertiary alicyclic amines) is 1. The molecular formula is C28H32N2O5. The van der Waals surface area contributed by atoms with E-state index < -0.39 is 23.0 Å². The molecule has 0 atom stereocenters. The summed E-state index contributed by atoms with van der Waals surface area (Å²) in [5.74, 6) is -0.850. The third kappa shape index (κ3) is 4.40. The fraction of sp³-hybridized carbons (Fsp3) is 0.464. The molecule has 1 saturated heterocycles. The number of carbonyl (C=O) groups excluding carboxylic acids is 2. The second-order valence-corrected chi connectivity index (χ2v) is 10.5. The van der Waals surface area contributed by atoms with E-state index in [1.54, 1.807) is 11.8 Å². The number of benzene rings is 2. The van der Waals surface area contributed by atoms with Crippen LogP contribution in [0.2, 0.25) is 0 Å². The molecule has 7 heteroatoms. The summed E-state index contributed by atoms with van der Waals surface area (Å²) in [5, 5.41) is 12.4. The summed E-state index contributed by atoms with van der Waals surface area (Å²) in [6.07, 6.45) is 3.06. The maximum absolute atomic E-state index is 13.0. The van der Waals surface area contributed by atoms with Gasteiger partial charge in [0.1, 0.15) is 6.61 Å². The molecule has 1 saturated carbocycles. The molecule has 0 radical (unpaired) electrons. The molecule has 35 heavy (non-hydrogen) atoms. The van der Waals surface area contributed by atoms with Crippen molar-refractivity contribution in [3.63, 3.8) is 0 Å². The first-order chi connectivity index (χ1) is 16.8. The minimum absolute atomic E-state index is 0.0102. The summed E-state index contributed by atoms with van der Waals surface area (Å²) in [6, 6.07) is 16.4. The van der Waals surface area contributed by atoms with Crippen molar-refractivity contribution in [1.29, 1.82) is 0 Å². The molecule has 0 unspecified atom stereocenters. The fourth-order valence-electron chi connectivity index (χ4n) is 5.67. The van der Waals surface area contributed by atoms with E-state index in [0.29, 0.717) is 25.9 Å². The molecule has 2 fully saturated rings. The van der Waals surface area contributed by atoms with E-state index in [-0.39, 0.29) is 24.9 Å². The van der Waals surface area contributed by atoms with E-state index >= 15 is 0 Å². The zero-order valence-electron chi connectivity index (χ0n) is 20.1. The number of fused-ring (bicyclic) bond motifs is 3. The Morgan fingerprint density at radius 2 is 1.54 bits per heavy atom. The molecule has 3 aliphatic rings. The minimum Gasteiger partial charge on any atom is -0.481 e. The molecule has 2 aromatic rings. The number of ether oxygens (including phenoxy) is 1. The van der Waals surface area contributed by atoms with Crippen LogP contribution in [0.3, 0.4) is 0 Å². The lowest BCUT2D eigenvalue weighted by atomic mass is 9.73. The third-order valence-electron chi connectivity index (χ3n) is 8.25. The van der Waals surface area contributed by atoms with Crippen molar-refractivity contribution < 1.29 is 24.2 Å². The minimum atomic E-state index is -0.808. The van der Waals surface area contributed by atoms with Gasteiger partial charge in [-0.1, -0.05) is 48.5 Å². The highest BCUT2D eigenvalue weighted by atomic mass is 16.5. The molecule has 2 amide bonds. The molecule has 0 spiro atoms. The summed E-state index contributed by atoms with van der Waals surface area (Å²) < 4.78 is 5.71. The van der Waals surface area contributed by atoms with E-state index in [4.69, 9.17) is 4.74 Å². The SMILES string of the molecule is CC1(C(=O)O)CCN(C(=O)CC2(NC(=O)OCC3c4ccccc4-c4ccccc43)CCC2)CC1. The van der Waals surface area contributed by atoms with Gasteiger partial charge in [-0.25, -0.2) is 4.79 Å². The standard InChI is InChI=1S/C28H32N2O5/c1-27(25(32)33)13-15-30(16-14-27)24(31)17-28(11-6-12-28)29-26(34)35-18-23-21-9-4-2-7-19(21)20-8-3-5-10-22(20)23/h2-5,7-10,23H,6,11-18H2,1H3,(H,29,34)(H,32,33). The van der Waals surface area contributed by atoms with Gasteiger partial charge in [0.05, 0.1) is 17.4 Å². The van der Waals surface area contributed by atoms with E-state index in [2.05, 4.69) is 29.6 Å². The predicted molar refractivity (Wildman–Crippen MR) is 131 cm³/mol. The Morgan fingerprint density at radius 1 is 0.971 bits per heavy atom. The molecule has 0 aromatic heterocycles. The van der Waals surface area contributed by atoms with Gasteiger partial charge >= 0.3 is 12.1 Å². The van der Waals surface area contributed by atoms with Crippen LogP contribution < -0.4 is 5.32 Å². The Kier molecular flexibility index (Phi) is 6.03. The first kappa shape index (κ1) is 23.4. The number of piperidine rings is 1. The van der Waals surface area contributed by atoms with Gasteiger partial charge in [0.2, 0.25) is 5.91 Å². The van der Waals surface area contributed by atoms with E-state index in [1.165, 1.54) is 11.1 Å². The molecule has 184 valence electrons. The first-order valence-electron chi connectivity index (χ1n) is 12.4. The molecular weight excluding hydrogens is 444 g/mol. The van der Waals surface area contributed by atoms with Crippen molar-refractivity contribution in [2.45, 2.75) is 56.9 Å². The van der Waals surface area contributed by atoms with Gasteiger partial charge in [-0.05, 0) is 61.3 Å². The summed E-state index contributed by atoms with van der Waals surface area (Å²) in [5.41, 5.74) is 3.33. The monoisotopic (exact) mass is 476 g/mol. The largest absolute Gasteiger partial charge is 0.481 e. The average Bonchev–Trinajstić information content (AvgIpc) is 3.15. The maximum atomic E-state index is 13.0. The number of rotatable bonds is 6. The third-order valence-corrected chi connectivity index (χ3v) is 8.25. The number of carboxylic acids is 1. The number of hydrogen-bond donors (Lipinski definition) is 2. The van der Waals surface area contributed by atoms with Crippen LogP contribution in [0, 0.1) is 5.41 Å². The van der Waals surface area contributed by atoms with Crippen LogP contribution in [0.1, 0.15) is 62.5 Å². The number of aliphatic carboxylic acids is 1. The number of nitrogens with zero attached hydrogens (tertiary/aromatic N) is 1. The van der Waals surface area contributed by atoms with Gasteiger partial charge in [-0.15, -0.1) is 0 Å². The second kappa shape index (κ2) is 9.02. The Hall–Kier alpha value is -3.35. The zero-order valence-corrected chi connectivity index (χ0v) is 20.1. The second-order valence-electron chi connectivity index (χ2n) is 10.5. The molecule has 1 heterocycles. The van der Waals surface area contributed by atoms with Crippen molar-refractivity contribution in [2.75, 3.05) is 19.7 Å². The molecule has 2 aromatic carbocycles. The van der Waals surface area contributed by atoms with Gasteiger partial charge in [-0.3, -0.25) is 9.59 Å². The number of carbonyl (C=O) groups is 3. The van der Waals surface area contributed by atoms with Gasteiger partial charge in [0.25, 0.3) is 0 Å². The van der Waals surface area contributed by atoms with Crippen LogP contribution in [-0.2, 0) is 14.3 Å². The summed E-state index contributed by atoms with van der Waals surface area (Å²) >= 11 is 0. The maximum Gasteiger partial charge on any atom is 0.407 e. The van der Waals surface area contributed by atoms with Crippen molar-refractivity contribution in [2.24, 2.45) is 5.41 Å². The van der Waals surface area contributed by atoms with Crippen LogP contribution in [0.15, 0.2) is 48.5 Å². The zero-order chi connectivity index (χ0) is 24.6. The number of nitrogens with one attached hydrogen (secondary N) is 1. The normalized spacial score (nSPS) is 19.7. The summed E-state index contributed by atoms with van der Waals surface area (Å²) in [4.78, 5) is 39.1. The van der Waals surface area contributed by atoms with E-state index in [1.807, 2.05) is 24.3 Å². The van der Waals surface area contributed by atoms with Gasteiger partial charge in [-0.2, -0.15) is 0 Å². The lowest BCUT2D eigenvalue weighted by Gasteiger charge is -2.44. The van der Waals surface area contributed by atoms with Crippen LogP contribution in [-0.4, -0.2) is 53.2 Å². The van der Waals surface area contributed by atoms with Crippen molar-refractivity contribution in [3.8, 4) is 11.1 Å². The van der Waals surface area contributed by atoms with Crippen LogP contribution in [0.4, 0.5) is 4.79 Å². The van der Waals surface area contributed by atoms with Gasteiger partial charge in [0.15, 0.2) is 0 Å². The quantitative estimate of drug-likeness (QED) is 0.638. The molecule has 0 bridgehead atoms. The molecule has 2 N–H and O–H groups in total. The first-order valence-corrected chi connectivity index (χ1v) is 12.4. The average molecular weight is 477 g/mol. The lowest BCUT2D eigenvalue weighted by Crippen LogP contribution is -2.57. The van der Waals surface area contributed by atoms with Crippen molar-refractivity contribution in [1.82, 2.24) is 10.2 Å². The number of hydrogen-bond acceptors (Lipinski definition) is 4. The van der Waals surface area contributed by atoms with Crippen molar-refractivity contribution in [3.05, 3.63) is 59.7 Å². The summed E-state index contributed by atoms with van der Waals surface area (Å²) in [6.45, 7) is 2.85. The van der Waals surface area contributed by atoms with Crippen LogP contribution in [0.25, 0.3) is 11.1 Å². The van der Waals surface area contributed by atoms with Gasteiger partial charge < -0.3 is 20.1 Å². The molecule has 5 rings (SSSR count). The predicted octanol–water partition coefficient (Wildman–Crippen LogP) is 4.55. The molecule has 2 aliphatic carbocycles. The molecule has 1 aliphatic heterocycles. The highest BCUT2D eigenvalue weighted by Gasteiger charge is 2.44.